The van der Waals surface area contributed by atoms with Gasteiger partial charge in [0.15, 0.2) is 0 Å². The number of aliphatic hydroxyl groups is 1. The van der Waals surface area contributed by atoms with Crippen LogP contribution in [0.15, 0.2) is 18.5 Å². The molecule has 1 aliphatic rings. The number of pyridine rings is 1. The molecule has 1 heterocycles. The summed E-state index contributed by atoms with van der Waals surface area (Å²) in [5, 5.41) is 9.08. The van der Waals surface area contributed by atoms with Crippen LogP contribution in [0.3, 0.4) is 0 Å². The summed E-state index contributed by atoms with van der Waals surface area (Å²) >= 11 is 0. The van der Waals surface area contributed by atoms with Gasteiger partial charge in [0.1, 0.15) is 0 Å². The van der Waals surface area contributed by atoms with Crippen LogP contribution in [0.1, 0.15) is 30.4 Å². The van der Waals surface area contributed by atoms with Crippen molar-refractivity contribution in [3.05, 3.63) is 29.6 Å². The molecule has 2 rings (SSSR count). The van der Waals surface area contributed by atoms with Crippen LogP contribution in [-0.4, -0.2) is 34.2 Å². The summed E-state index contributed by atoms with van der Waals surface area (Å²) in [6.45, 7) is 4.00. The molecule has 3 nitrogen and oxygen atoms in total. The smallest absolute Gasteiger partial charge is 0.0558 e. The lowest BCUT2D eigenvalue weighted by molar-refractivity contribution is 0.0944. The van der Waals surface area contributed by atoms with E-state index in [0.717, 1.165) is 13.1 Å². The topological polar surface area (TPSA) is 36.4 Å². The quantitative estimate of drug-likeness (QED) is 0.821. The Morgan fingerprint density at radius 3 is 2.81 bits per heavy atom. The second-order valence-corrected chi connectivity index (χ2v) is 4.65. The van der Waals surface area contributed by atoms with E-state index in [0.29, 0.717) is 6.04 Å². The molecule has 1 fully saturated rings. The van der Waals surface area contributed by atoms with Crippen LogP contribution in [0.5, 0.6) is 0 Å². The Morgan fingerprint density at radius 1 is 1.44 bits per heavy atom. The molecule has 3 heteroatoms. The summed E-state index contributed by atoms with van der Waals surface area (Å²) in [6.07, 6.45) is 7.69. The normalized spacial score (nSPS) is 16.4. The fourth-order valence-corrected chi connectivity index (χ4v) is 2.21. The molecular weight excluding hydrogens is 200 g/mol. The molecular formula is C13H20N2O. The molecule has 1 saturated carbocycles. The molecule has 0 spiro atoms. The first-order valence-electron chi connectivity index (χ1n) is 6.05. The highest BCUT2D eigenvalue weighted by Gasteiger charge is 2.24. The van der Waals surface area contributed by atoms with Gasteiger partial charge in [-0.2, -0.15) is 0 Å². The summed E-state index contributed by atoms with van der Waals surface area (Å²) in [4.78, 5) is 6.59. The maximum absolute atomic E-state index is 9.08. The number of aryl methyl sites for hydroxylation is 1. The Hall–Kier alpha value is -0.930. The van der Waals surface area contributed by atoms with E-state index in [4.69, 9.17) is 5.11 Å². The van der Waals surface area contributed by atoms with Crippen LogP contribution in [0, 0.1) is 6.92 Å². The van der Waals surface area contributed by atoms with Crippen molar-refractivity contribution in [2.75, 3.05) is 13.2 Å². The molecule has 1 N–H and O–H groups in total. The zero-order valence-electron chi connectivity index (χ0n) is 9.89. The Bertz CT molecular complexity index is 336. The highest BCUT2D eigenvalue weighted by atomic mass is 16.3. The number of rotatable bonds is 5. The molecule has 0 amide bonds. The van der Waals surface area contributed by atoms with E-state index in [1.807, 2.05) is 12.4 Å². The van der Waals surface area contributed by atoms with Crippen LogP contribution in [0.2, 0.25) is 0 Å². The average molecular weight is 220 g/mol. The Morgan fingerprint density at radius 2 is 2.25 bits per heavy atom. The first-order chi connectivity index (χ1) is 7.79. The van der Waals surface area contributed by atoms with Crippen molar-refractivity contribution in [2.45, 2.75) is 38.8 Å². The molecule has 0 atom stereocenters. The van der Waals surface area contributed by atoms with E-state index in [1.54, 1.807) is 0 Å². The van der Waals surface area contributed by atoms with E-state index in [-0.39, 0.29) is 6.61 Å². The molecule has 0 radical (unpaired) electrons. The molecule has 0 saturated heterocycles. The molecule has 16 heavy (non-hydrogen) atoms. The first-order valence-corrected chi connectivity index (χ1v) is 6.05. The van der Waals surface area contributed by atoms with Gasteiger partial charge in [0.05, 0.1) is 6.61 Å². The molecule has 1 aromatic heterocycles. The summed E-state index contributed by atoms with van der Waals surface area (Å²) in [7, 11) is 0. The minimum absolute atomic E-state index is 0.246. The maximum atomic E-state index is 9.08. The van der Waals surface area contributed by atoms with E-state index in [9.17, 15) is 0 Å². The standard InChI is InChI=1S/C13H20N2O/c1-11-7-12(9-14-8-11)10-15(5-6-16)13-3-2-4-13/h7-9,13,16H,2-6,10H2,1H3. The van der Waals surface area contributed by atoms with Crippen molar-refractivity contribution in [1.29, 1.82) is 0 Å². The number of aromatic nitrogens is 1. The minimum atomic E-state index is 0.246. The van der Waals surface area contributed by atoms with Crippen molar-refractivity contribution in [3.63, 3.8) is 0 Å². The van der Waals surface area contributed by atoms with Crippen LogP contribution in [-0.2, 0) is 6.54 Å². The molecule has 0 aliphatic heterocycles. The first kappa shape index (κ1) is 11.6. The van der Waals surface area contributed by atoms with Crippen LogP contribution in [0.25, 0.3) is 0 Å². The fraction of sp³-hybridized carbons (Fsp3) is 0.615. The monoisotopic (exact) mass is 220 g/mol. The summed E-state index contributed by atoms with van der Waals surface area (Å²) in [6, 6.07) is 2.85. The van der Waals surface area contributed by atoms with Gasteiger partial charge in [-0.15, -0.1) is 0 Å². The predicted octanol–water partition coefficient (Wildman–Crippen LogP) is 1.74. The number of hydrogen-bond donors (Lipinski definition) is 1. The van der Waals surface area contributed by atoms with Crippen molar-refractivity contribution >= 4 is 0 Å². The lowest BCUT2D eigenvalue weighted by atomic mass is 9.91. The average Bonchev–Trinajstić information content (AvgIpc) is 2.15. The predicted molar refractivity (Wildman–Crippen MR) is 64.1 cm³/mol. The third kappa shape index (κ3) is 2.80. The van der Waals surface area contributed by atoms with Gasteiger partial charge in [0, 0.05) is 31.5 Å². The van der Waals surface area contributed by atoms with Gasteiger partial charge in [-0.05, 0) is 30.9 Å². The summed E-state index contributed by atoms with van der Waals surface area (Å²) in [5.74, 6) is 0. The zero-order chi connectivity index (χ0) is 11.4. The SMILES string of the molecule is Cc1cncc(CN(CCO)C2CCC2)c1. The highest BCUT2D eigenvalue weighted by Crippen LogP contribution is 2.25. The van der Waals surface area contributed by atoms with Gasteiger partial charge in [0.2, 0.25) is 0 Å². The second-order valence-electron chi connectivity index (χ2n) is 4.65. The van der Waals surface area contributed by atoms with E-state index >= 15 is 0 Å². The van der Waals surface area contributed by atoms with Crippen LogP contribution >= 0.6 is 0 Å². The lowest BCUT2D eigenvalue weighted by Crippen LogP contribution is -2.41. The lowest BCUT2D eigenvalue weighted by Gasteiger charge is -2.37. The van der Waals surface area contributed by atoms with Gasteiger partial charge in [0.25, 0.3) is 0 Å². The maximum Gasteiger partial charge on any atom is 0.0558 e. The van der Waals surface area contributed by atoms with Gasteiger partial charge < -0.3 is 5.11 Å². The fourth-order valence-electron chi connectivity index (χ4n) is 2.21. The Balaban J connectivity index is 1.98. The van der Waals surface area contributed by atoms with Crippen LogP contribution < -0.4 is 0 Å². The van der Waals surface area contributed by atoms with Crippen molar-refractivity contribution in [2.24, 2.45) is 0 Å². The van der Waals surface area contributed by atoms with Crippen molar-refractivity contribution in [3.8, 4) is 0 Å². The minimum Gasteiger partial charge on any atom is -0.395 e. The molecule has 0 aromatic carbocycles. The van der Waals surface area contributed by atoms with E-state index in [1.165, 1.54) is 30.4 Å². The Labute approximate surface area is 97.1 Å². The highest BCUT2D eigenvalue weighted by molar-refractivity contribution is 5.16. The zero-order valence-corrected chi connectivity index (χ0v) is 9.89. The molecule has 1 aliphatic carbocycles. The number of nitrogens with zero attached hydrogens (tertiary/aromatic N) is 2. The van der Waals surface area contributed by atoms with Gasteiger partial charge in [-0.25, -0.2) is 0 Å². The largest absolute Gasteiger partial charge is 0.395 e. The van der Waals surface area contributed by atoms with Gasteiger partial charge in [-0.1, -0.05) is 12.5 Å². The number of aliphatic hydroxyl groups excluding tert-OH is 1. The van der Waals surface area contributed by atoms with E-state index < -0.39 is 0 Å². The molecule has 1 aromatic rings. The van der Waals surface area contributed by atoms with Crippen molar-refractivity contribution in [1.82, 2.24) is 9.88 Å². The summed E-state index contributed by atoms with van der Waals surface area (Å²) < 4.78 is 0. The van der Waals surface area contributed by atoms with Crippen molar-refractivity contribution < 1.29 is 5.11 Å². The van der Waals surface area contributed by atoms with Gasteiger partial charge in [-0.3, -0.25) is 9.88 Å². The third-order valence-electron chi connectivity index (χ3n) is 3.30. The van der Waals surface area contributed by atoms with Gasteiger partial charge >= 0.3 is 0 Å². The Kier molecular flexibility index (Phi) is 3.91. The molecule has 0 unspecified atom stereocenters. The molecule has 88 valence electrons. The second kappa shape index (κ2) is 5.41. The summed E-state index contributed by atoms with van der Waals surface area (Å²) in [5.41, 5.74) is 2.45. The third-order valence-corrected chi connectivity index (χ3v) is 3.30. The number of hydrogen-bond acceptors (Lipinski definition) is 3. The van der Waals surface area contributed by atoms with Crippen LogP contribution in [0.4, 0.5) is 0 Å². The van der Waals surface area contributed by atoms with E-state index in [2.05, 4.69) is 22.9 Å². The molecule has 0 bridgehead atoms.